The second-order valence-corrected chi connectivity index (χ2v) is 10.4. The van der Waals surface area contributed by atoms with E-state index in [9.17, 15) is 44.1 Å². The van der Waals surface area contributed by atoms with Crippen molar-refractivity contribution >= 4 is 47.3 Å². The summed E-state index contributed by atoms with van der Waals surface area (Å²) < 4.78 is 0. The first-order chi connectivity index (χ1) is 20.9. The fourth-order valence-electron chi connectivity index (χ4n) is 3.60. The van der Waals surface area contributed by atoms with Crippen molar-refractivity contribution in [3.8, 4) is 0 Å². The molecule has 0 aliphatic heterocycles. The fraction of sp³-hybridized carbons (Fsp3) is 0.538. The molecule has 0 aliphatic carbocycles. The third kappa shape index (κ3) is 12.8. The first-order valence-electron chi connectivity index (χ1n) is 13.4. The Hall–Kier alpha value is -3.81. The molecule has 0 radical (unpaired) electrons. The number of nitrogens with two attached hydrogens (primary N) is 1. The minimum atomic E-state index is -1.73. The van der Waals surface area contributed by atoms with Crippen LogP contribution in [0.3, 0.4) is 0 Å². The van der Waals surface area contributed by atoms with Gasteiger partial charge in [0.1, 0.15) is 30.2 Å². The number of benzene rings is 1. The highest BCUT2D eigenvalue weighted by molar-refractivity contribution is 7.98. The summed E-state index contributed by atoms with van der Waals surface area (Å²) in [5.74, 6) is -6.03. The second-order valence-electron chi connectivity index (χ2n) is 9.45. The van der Waals surface area contributed by atoms with Gasteiger partial charge < -0.3 is 57.9 Å². The predicted molar refractivity (Wildman–Crippen MR) is 157 cm³/mol. The van der Waals surface area contributed by atoms with E-state index in [1.54, 1.807) is 30.5 Å². The van der Waals surface area contributed by atoms with Gasteiger partial charge in [0.2, 0.25) is 29.5 Å². The Kier molecular flexibility index (Phi) is 17.5. The third-order valence-corrected chi connectivity index (χ3v) is 6.77. The maximum atomic E-state index is 13.0. The molecule has 0 aromatic heterocycles. The van der Waals surface area contributed by atoms with E-state index < -0.39 is 98.2 Å². The zero-order valence-corrected chi connectivity index (χ0v) is 24.8. The summed E-state index contributed by atoms with van der Waals surface area (Å²) in [5, 5.41) is 57.7. The van der Waals surface area contributed by atoms with Gasteiger partial charge >= 0.3 is 5.97 Å². The zero-order valence-electron chi connectivity index (χ0n) is 24.0. The van der Waals surface area contributed by atoms with Crippen molar-refractivity contribution in [1.29, 1.82) is 0 Å². The first kappa shape index (κ1) is 38.2. The molecule has 0 saturated heterocycles. The van der Waals surface area contributed by atoms with Crippen molar-refractivity contribution in [2.45, 2.75) is 49.1 Å². The van der Waals surface area contributed by atoms with E-state index in [0.717, 1.165) is 5.56 Å². The molecule has 6 atom stereocenters. The zero-order chi connectivity index (χ0) is 33.2. The number of carbonyl (C=O) groups is 6. The number of rotatable bonds is 20. The van der Waals surface area contributed by atoms with Crippen LogP contribution in [-0.2, 0) is 35.2 Å². The van der Waals surface area contributed by atoms with Crippen LogP contribution in [0.2, 0.25) is 0 Å². The lowest BCUT2D eigenvalue weighted by molar-refractivity contribution is -0.143. The average Bonchev–Trinajstić information content (AvgIpc) is 3.01. The highest BCUT2D eigenvalue weighted by Gasteiger charge is 2.32. The summed E-state index contributed by atoms with van der Waals surface area (Å²) in [5.41, 5.74) is 6.82. The van der Waals surface area contributed by atoms with Crippen LogP contribution in [0.25, 0.3) is 0 Å². The van der Waals surface area contributed by atoms with Gasteiger partial charge in [-0.2, -0.15) is 11.8 Å². The van der Waals surface area contributed by atoms with Gasteiger partial charge in [-0.25, -0.2) is 4.79 Å². The normalized spacial score (nSPS) is 15.0. The fourth-order valence-corrected chi connectivity index (χ4v) is 4.07. The molecule has 246 valence electrons. The van der Waals surface area contributed by atoms with E-state index in [-0.39, 0.29) is 12.8 Å². The van der Waals surface area contributed by atoms with E-state index in [1.165, 1.54) is 11.8 Å². The van der Waals surface area contributed by atoms with Gasteiger partial charge in [-0.15, -0.1) is 0 Å². The smallest absolute Gasteiger partial charge is 0.328 e. The minimum absolute atomic E-state index is 0.155. The largest absolute Gasteiger partial charge is 0.480 e. The van der Waals surface area contributed by atoms with Crippen LogP contribution in [0, 0.1) is 0 Å². The van der Waals surface area contributed by atoms with Crippen LogP contribution in [-0.4, -0.2) is 136 Å². The van der Waals surface area contributed by atoms with Gasteiger partial charge in [-0.1, -0.05) is 30.3 Å². The van der Waals surface area contributed by atoms with E-state index in [2.05, 4.69) is 16.0 Å². The van der Waals surface area contributed by atoms with Gasteiger partial charge in [0.05, 0.1) is 32.5 Å². The number of thioether (sulfide) groups is 1. The standard InChI is InChI=1S/C26H40N6O11S/c1-44-8-7-16(28-21(37)15(27)9-14-5-3-2-4-6-14)22(38)29-17(10-33)23(39)30-18(11-34)24(40)31-19(12-35)25(41)32-20(13-36)26(42)43/h2-6,15-20,33-36H,7-13,27H2,1H3,(H,28,37)(H,29,38)(H,30,39)(H,31,40)(H,32,41)(H,42,43)/t15-,16-,17-,18-,19-,20-/m0/s1. The number of carbonyl (C=O) groups excluding carboxylic acids is 5. The Morgan fingerprint density at radius 2 is 1.05 bits per heavy atom. The van der Waals surface area contributed by atoms with Gasteiger partial charge in [0.25, 0.3) is 0 Å². The van der Waals surface area contributed by atoms with E-state index in [0.29, 0.717) is 5.75 Å². The molecule has 1 aromatic carbocycles. The van der Waals surface area contributed by atoms with Gasteiger partial charge in [-0.05, 0) is 30.4 Å². The molecule has 0 spiro atoms. The van der Waals surface area contributed by atoms with Crippen LogP contribution >= 0.6 is 11.8 Å². The molecule has 5 amide bonds. The summed E-state index contributed by atoms with van der Waals surface area (Å²) in [6.07, 6.45) is 2.14. The third-order valence-electron chi connectivity index (χ3n) is 6.12. The van der Waals surface area contributed by atoms with Gasteiger partial charge in [-0.3, -0.25) is 24.0 Å². The van der Waals surface area contributed by atoms with Crippen molar-refractivity contribution < 1.29 is 54.3 Å². The predicted octanol–water partition coefficient (Wildman–Crippen LogP) is -5.21. The Labute approximate surface area is 257 Å². The summed E-state index contributed by atoms with van der Waals surface area (Å²) in [7, 11) is 0. The maximum Gasteiger partial charge on any atom is 0.328 e. The number of aliphatic hydroxyl groups excluding tert-OH is 4. The van der Waals surface area contributed by atoms with Crippen molar-refractivity contribution in [1.82, 2.24) is 26.6 Å². The first-order valence-corrected chi connectivity index (χ1v) is 14.8. The highest BCUT2D eigenvalue weighted by atomic mass is 32.2. The van der Waals surface area contributed by atoms with E-state index >= 15 is 0 Å². The van der Waals surface area contributed by atoms with Gasteiger partial charge in [0, 0.05) is 0 Å². The number of amides is 5. The number of nitrogens with one attached hydrogen (secondary N) is 5. The second kappa shape index (κ2) is 20.2. The molecule has 0 fully saturated rings. The number of aliphatic hydroxyl groups is 4. The van der Waals surface area contributed by atoms with Crippen LogP contribution in [0.5, 0.6) is 0 Å². The van der Waals surface area contributed by atoms with Crippen molar-refractivity contribution in [3.63, 3.8) is 0 Å². The molecule has 1 aromatic rings. The van der Waals surface area contributed by atoms with Gasteiger partial charge in [0.15, 0.2) is 0 Å². The summed E-state index contributed by atoms with van der Waals surface area (Å²) in [4.78, 5) is 74.4. The quantitative estimate of drug-likeness (QED) is 0.0634. The van der Waals surface area contributed by atoms with Crippen LogP contribution in [0.1, 0.15) is 12.0 Å². The molecule has 0 unspecified atom stereocenters. The average molecular weight is 645 g/mol. The minimum Gasteiger partial charge on any atom is -0.480 e. The lowest BCUT2D eigenvalue weighted by Crippen LogP contribution is -2.61. The SMILES string of the molecule is CSCC[C@H](NC(=O)[C@@H](N)Cc1ccccc1)C(=O)N[C@@H](CO)C(=O)N[C@@H](CO)C(=O)N[C@@H](CO)C(=O)N[C@@H](CO)C(=O)O. The monoisotopic (exact) mass is 644 g/mol. The molecular formula is C26H40N6O11S. The maximum absolute atomic E-state index is 13.0. The van der Waals surface area contributed by atoms with Crippen molar-refractivity contribution in [2.75, 3.05) is 38.4 Å². The Bertz CT molecular complexity index is 1110. The molecule has 17 nitrogen and oxygen atoms in total. The lowest BCUT2D eigenvalue weighted by Gasteiger charge is -2.25. The molecule has 0 saturated carbocycles. The topological polar surface area (TPSA) is 290 Å². The molecule has 44 heavy (non-hydrogen) atoms. The molecule has 12 N–H and O–H groups in total. The molecule has 0 aliphatic rings. The summed E-state index contributed by atoms with van der Waals surface area (Å²) in [6.45, 7) is -3.93. The van der Waals surface area contributed by atoms with E-state index in [4.69, 9.17) is 15.9 Å². The molecule has 1 rings (SSSR count). The Morgan fingerprint density at radius 1 is 0.659 bits per heavy atom. The summed E-state index contributed by atoms with van der Waals surface area (Å²) >= 11 is 1.39. The summed E-state index contributed by atoms with van der Waals surface area (Å²) in [6, 6.07) is 0.0574. The van der Waals surface area contributed by atoms with Crippen LogP contribution < -0.4 is 32.3 Å². The Balaban J connectivity index is 2.86. The number of carboxylic acid groups (broad SMARTS) is 1. The molecule has 0 heterocycles. The lowest BCUT2D eigenvalue weighted by atomic mass is 10.1. The van der Waals surface area contributed by atoms with Crippen molar-refractivity contribution in [3.05, 3.63) is 35.9 Å². The number of hydrogen-bond acceptors (Lipinski definition) is 12. The molecular weight excluding hydrogens is 604 g/mol. The highest BCUT2D eigenvalue weighted by Crippen LogP contribution is 2.05. The number of carboxylic acids is 1. The van der Waals surface area contributed by atoms with Crippen molar-refractivity contribution in [2.24, 2.45) is 5.73 Å². The Morgan fingerprint density at radius 3 is 1.43 bits per heavy atom. The molecule has 0 bridgehead atoms. The van der Waals surface area contributed by atoms with Crippen LogP contribution in [0.15, 0.2) is 30.3 Å². The molecule has 18 heteroatoms. The number of aliphatic carboxylic acids is 1. The number of hydrogen-bond donors (Lipinski definition) is 11. The van der Waals surface area contributed by atoms with E-state index in [1.807, 2.05) is 16.7 Å². The van der Waals surface area contributed by atoms with Crippen LogP contribution in [0.4, 0.5) is 0 Å².